The predicted octanol–water partition coefficient (Wildman–Crippen LogP) is 1.34. The Morgan fingerprint density at radius 2 is 1.53 bits per heavy atom. The lowest BCUT2D eigenvalue weighted by Gasteiger charge is -2.13. The van der Waals surface area contributed by atoms with Gasteiger partial charge in [0.05, 0.1) is 26.4 Å². The fourth-order valence-electron chi connectivity index (χ4n) is 2.78. The number of carboxylic acid groups (broad SMARTS) is 2. The van der Waals surface area contributed by atoms with Crippen LogP contribution in [0.25, 0.3) is 0 Å². The summed E-state index contributed by atoms with van der Waals surface area (Å²) in [5.41, 5.74) is 3.44. The van der Waals surface area contributed by atoms with Gasteiger partial charge in [-0.15, -0.1) is 0 Å². The number of aliphatic imine (C=N–C) groups is 1. The Bertz CT molecular complexity index is 953. The zero-order valence-electron chi connectivity index (χ0n) is 18.6. The molecule has 182 valence electrons. The Labute approximate surface area is 197 Å². The average Bonchev–Trinajstić information content (AvgIpc) is 3.34. The number of carboxylic acids is 2. The number of aliphatic hydroxyl groups is 2. The lowest BCUT2D eigenvalue weighted by Crippen LogP contribution is -2.26. The van der Waals surface area contributed by atoms with E-state index in [-0.39, 0.29) is 19.1 Å². The van der Waals surface area contributed by atoms with Gasteiger partial charge in [-0.2, -0.15) is 0 Å². The fraction of sp³-hybridized carbons (Fsp3) is 0.292. The third kappa shape index (κ3) is 10.2. The summed E-state index contributed by atoms with van der Waals surface area (Å²) in [5, 5.41) is 40.2. The van der Waals surface area contributed by atoms with E-state index >= 15 is 0 Å². The van der Waals surface area contributed by atoms with Crippen LogP contribution in [0.1, 0.15) is 11.1 Å². The molecule has 0 fully saturated rings. The van der Waals surface area contributed by atoms with Gasteiger partial charge < -0.3 is 35.8 Å². The SMILES string of the molecule is O=C(O)/C=C\C(=O)O.OCC(CO)COc1ccc(Cc2ccc(NC3=NCCN3)cc2)cc1. The molecule has 10 nitrogen and oxygen atoms in total. The number of nitrogens with zero attached hydrogens (tertiary/aromatic N) is 1. The van der Waals surface area contributed by atoms with E-state index in [0.717, 1.165) is 36.9 Å². The lowest BCUT2D eigenvalue weighted by molar-refractivity contribution is -0.134. The highest BCUT2D eigenvalue weighted by atomic mass is 16.5. The highest BCUT2D eigenvalue weighted by molar-refractivity contribution is 5.94. The number of carbonyl (C=O) groups is 2. The largest absolute Gasteiger partial charge is 0.493 e. The van der Waals surface area contributed by atoms with E-state index in [1.807, 2.05) is 24.3 Å². The van der Waals surface area contributed by atoms with Crippen molar-refractivity contribution in [3.8, 4) is 5.75 Å². The summed E-state index contributed by atoms with van der Waals surface area (Å²) < 4.78 is 5.59. The molecule has 1 aliphatic heterocycles. The molecule has 0 saturated heterocycles. The predicted molar refractivity (Wildman–Crippen MR) is 127 cm³/mol. The van der Waals surface area contributed by atoms with Crippen molar-refractivity contribution < 1.29 is 34.8 Å². The van der Waals surface area contributed by atoms with Crippen molar-refractivity contribution in [2.24, 2.45) is 10.9 Å². The van der Waals surface area contributed by atoms with Gasteiger partial charge in [-0.25, -0.2) is 9.59 Å². The number of aliphatic hydroxyl groups excluding tert-OH is 2. The first-order chi connectivity index (χ1) is 16.4. The molecule has 0 saturated carbocycles. The second-order valence-electron chi connectivity index (χ2n) is 7.35. The molecule has 34 heavy (non-hydrogen) atoms. The van der Waals surface area contributed by atoms with Crippen molar-refractivity contribution in [2.45, 2.75) is 6.42 Å². The van der Waals surface area contributed by atoms with Crippen molar-refractivity contribution >= 4 is 23.6 Å². The fourth-order valence-corrected chi connectivity index (χ4v) is 2.78. The number of aliphatic carboxylic acids is 2. The van der Waals surface area contributed by atoms with Crippen LogP contribution in [0.3, 0.4) is 0 Å². The third-order valence-electron chi connectivity index (χ3n) is 4.59. The molecule has 1 heterocycles. The summed E-state index contributed by atoms with van der Waals surface area (Å²) in [4.78, 5) is 23.4. The summed E-state index contributed by atoms with van der Waals surface area (Å²) in [7, 11) is 0. The number of guanidine groups is 1. The minimum absolute atomic E-state index is 0.0805. The maximum absolute atomic E-state index is 9.55. The third-order valence-corrected chi connectivity index (χ3v) is 4.59. The van der Waals surface area contributed by atoms with Crippen LogP contribution in [0, 0.1) is 5.92 Å². The Hall–Kier alpha value is -3.89. The van der Waals surface area contributed by atoms with Gasteiger partial charge in [-0.1, -0.05) is 24.3 Å². The summed E-state index contributed by atoms with van der Waals surface area (Å²) in [5.74, 6) is -1.19. The van der Waals surface area contributed by atoms with E-state index in [4.69, 9.17) is 25.2 Å². The molecule has 0 amide bonds. The minimum Gasteiger partial charge on any atom is -0.493 e. The van der Waals surface area contributed by atoms with Gasteiger partial charge in [-0.3, -0.25) is 4.99 Å². The van der Waals surface area contributed by atoms with Gasteiger partial charge in [0, 0.05) is 30.3 Å². The molecular formula is C24H29N3O7. The molecule has 0 radical (unpaired) electrons. The lowest BCUT2D eigenvalue weighted by atomic mass is 10.0. The van der Waals surface area contributed by atoms with E-state index < -0.39 is 11.9 Å². The topological polar surface area (TPSA) is 161 Å². The first-order valence-electron chi connectivity index (χ1n) is 10.6. The van der Waals surface area contributed by atoms with E-state index in [2.05, 4.69) is 39.9 Å². The normalized spacial score (nSPS) is 12.5. The average molecular weight is 472 g/mol. The second-order valence-corrected chi connectivity index (χ2v) is 7.35. The molecule has 0 aliphatic carbocycles. The van der Waals surface area contributed by atoms with E-state index in [0.29, 0.717) is 18.8 Å². The first-order valence-corrected chi connectivity index (χ1v) is 10.6. The van der Waals surface area contributed by atoms with Gasteiger partial charge in [-0.05, 0) is 41.8 Å². The molecule has 3 rings (SSSR count). The van der Waals surface area contributed by atoms with Crippen LogP contribution in [-0.4, -0.2) is 71.2 Å². The van der Waals surface area contributed by atoms with E-state index in [9.17, 15) is 9.59 Å². The molecule has 1 aliphatic rings. The second kappa shape index (κ2) is 14.3. The molecular weight excluding hydrogens is 442 g/mol. The number of anilines is 1. The van der Waals surface area contributed by atoms with Crippen LogP contribution < -0.4 is 15.4 Å². The monoisotopic (exact) mass is 471 g/mol. The molecule has 0 aromatic heterocycles. The molecule has 10 heteroatoms. The smallest absolute Gasteiger partial charge is 0.328 e. The molecule has 2 aromatic carbocycles. The van der Waals surface area contributed by atoms with Gasteiger partial charge in [0.1, 0.15) is 5.75 Å². The van der Waals surface area contributed by atoms with Gasteiger partial charge in [0.15, 0.2) is 5.96 Å². The quantitative estimate of drug-likeness (QED) is 0.281. The Morgan fingerprint density at radius 3 is 2.00 bits per heavy atom. The van der Waals surface area contributed by atoms with Gasteiger partial charge >= 0.3 is 11.9 Å². The summed E-state index contributed by atoms with van der Waals surface area (Å²) >= 11 is 0. The highest BCUT2D eigenvalue weighted by Crippen LogP contribution is 2.17. The minimum atomic E-state index is -1.26. The number of hydrogen-bond acceptors (Lipinski definition) is 8. The molecule has 0 unspecified atom stereocenters. The Balaban J connectivity index is 0.000000440. The van der Waals surface area contributed by atoms with Crippen LogP contribution in [0.2, 0.25) is 0 Å². The summed E-state index contributed by atoms with van der Waals surface area (Å²) in [6.45, 7) is 1.86. The van der Waals surface area contributed by atoms with Crippen molar-refractivity contribution in [1.29, 1.82) is 0 Å². The van der Waals surface area contributed by atoms with Crippen molar-refractivity contribution in [1.82, 2.24) is 5.32 Å². The maximum Gasteiger partial charge on any atom is 0.328 e. The van der Waals surface area contributed by atoms with Crippen molar-refractivity contribution in [3.63, 3.8) is 0 Å². The van der Waals surface area contributed by atoms with Crippen molar-refractivity contribution in [3.05, 3.63) is 71.8 Å². The number of nitrogens with one attached hydrogen (secondary N) is 2. The van der Waals surface area contributed by atoms with Crippen LogP contribution in [0.5, 0.6) is 5.75 Å². The standard InChI is InChI=1S/C20H25N3O3.C4H4O4/c24-12-17(13-25)14-26-19-7-3-16(4-8-19)11-15-1-5-18(6-2-15)23-20-21-9-10-22-20;5-3(6)1-2-4(7)8/h1-8,17,24-25H,9-14H2,(H2,21,22,23);1-2H,(H,5,6)(H,7,8)/b;2-1-. The van der Waals surface area contributed by atoms with Crippen molar-refractivity contribution in [2.75, 3.05) is 38.2 Å². The van der Waals surface area contributed by atoms with E-state index in [1.54, 1.807) is 0 Å². The molecule has 0 spiro atoms. The zero-order chi connectivity index (χ0) is 24.8. The zero-order valence-corrected chi connectivity index (χ0v) is 18.6. The summed E-state index contributed by atoms with van der Waals surface area (Å²) in [6.07, 6.45) is 1.96. The number of rotatable bonds is 10. The van der Waals surface area contributed by atoms with Gasteiger partial charge in [0.2, 0.25) is 0 Å². The van der Waals surface area contributed by atoms with Crippen LogP contribution >= 0.6 is 0 Å². The molecule has 0 bridgehead atoms. The molecule has 0 atom stereocenters. The van der Waals surface area contributed by atoms with Crippen LogP contribution in [0.4, 0.5) is 5.69 Å². The van der Waals surface area contributed by atoms with Gasteiger partial charge in [0.25, 0.3) is 0 Å². The molecule has 2 aromatic rings. The van der Waals surface area contributed by atoms with E-state index in [1.165, 1.54) is 11.1 Å². The summed E-state index contributed by atoms with van der Waals surface area (Å²) in [6, 6.07) is 16.2. The Morgan fingerprint density at radius 1 is 0.971 bits per heavy atom. The maximum atomic E-state index is 9.55. The number of ether oxygens (including phenoxy) is 1. The van der Waals surface area contributed by atoms with Crippen LogP contribution in [-0.2, 0) is 16.0 Å². The number of hydrogen-bond donors (Lipinski definition) is 6. The Kier molecular flexibility index (Phi) is 11.1. The first kappa shape index (κ1) is 26.4. The van der Waals surface area contributed by atoms with Crippen LogP contribution in [0.15, 0.2) is 65.7 Å². The highest BCUT2D eigenvalue weighted by Gasteiger charge is 2.07. The molecule has 6 N–H and O–H groups in total. The number of benzene rings is 2.